The lowest BCUT2D eigenvalue weighted by Gasteiger charge is -2.09. The molecule has 0 saturated carbocycles. The Morgan fingerprint density at radius 1 is 1.06 bits per heavy atom. The number of nitro benzene ring substituents is 1. The Balaban J connectivity index is 1.85. The number of nitrogens with zero attached hydrogens (tertiary/aromatic N) is 6. The van der Waals surface area contributed by atoms with Crippen molar-refractivity contribution in [1.29, 1.82) is 0 Å². The molecule has 0 saturated heterocycles. The van der Waals surface area contributed by atoms with Gasteiger partial charge in [-0.1, -0.05) is 24.3 Å². The quantitative estimate of drug-likeness (QED) is 0.310. The number of aryl methyl sites for hydroxylation is 1. The first kappa shape index (κ1) is 20.4. The average Bonchev–Trinajstić information content (AvgIpc) is 3.35. The van der Waals surface area contributed by atoms with Crippen molar-refractivity contribution in [2.75, 3.05) is 0 Å². The van der Waals surface area contributed by atoms with Gasteiger partial charge in [0.1, 0.15) is 5.82 Å². The van der Waals surface area contributed by atoms with Gasteiger partial charge in [0.15, 0.2) is 11.2 Å². The van der Waals surface area contributed by atoms with Crippen molar-refractivity contribution in [3.63, 3.8) is 0 Å². The first-order chi connectivity index (χ1) is 15.8. The molecule has 0 unspecified atom stereocenters. The third-order valence-corrected chi connectivity index (χ3v) is 5.66. The number of aromatic nitrogens is 5. The minimum absolute atomic E-state index is 0.0807. The zero-order valence-electron chi connectivity index (χ0n) is 17.6. The van der Waals surface area contributed by atoms with Crippen LogP contribution in [-0.4, -0.2) is 28.0 Å². The standard InChI is InChI=1S/C22H17FN6O4/c1-25-19-18(20(30)26(2)22(25)31)28-12-17(14-4-3-5-16(10-14)29(32)33)27(21(28)24-19)11-13-6-8-15(23)9-7-13/h3-10,12H,11H2,1-2H3. The van der Waals surface area contributed by atoms with Crippen LogP contribution in [0, 0.1) is 15.9 Å². The Morgan fingerprint density at radius 3 is 2.48 bits per heavy atom. The fourth-order valence-corrected chi connectivity index (χ4v) is 3.95. The van der Waals surface area contributed by atoms with Gasteiger partial charge in [0.2, 0.25) is 5.78 Å². The third kappa shape index (κ3) is 3.13. The molecule has 0 aliphatic carbocycles. The summed E-state index contributed by atoms with van der Waals surface area (Å²) in [5.41, 5.74) is 1.21. The summed E-state index contributed by atoms with van der Waals surface area (Å²) in [4.78, 5) is 40.7. The second-order valence-electron chi connectivity index (χ2n) is 7.69. The number of nitro groups is 1. The predicted octanol–water partition coefficient (Wildman–Crippen LogP) is 2.45. The molecule has 0 amide bonds. The van der Waals surface area contributed by atoms with Crippen LogP contribution < -0.4 is 11.2 Å². The normalized spacial score (nSPS) is 11.5. The molecule has 11 heteroatoms. The highest BCUT2D eigenvalue weighted by atomic mass is 19.1. The van der Waals surface area contributed by atoms with Gasteiger partial charge in [-0.05, 0) is 17.7 Å². The molecule has 0 aliphatic rings. The summed E-state index contributed by atoms with van der Waals surface area (Å²) in [6, 6.07) is 12.1. The maximum Gasteiger partial charge on any atom is 0.332 e. The molecule has 0 fully saturated rings. The first-order valence-electron chi connectivity index (χ1n) is 9.93. The van der Waals surface area contributed by atoms with Crippen molar-refractivity contribution in [3.8, 4) is 11.3 Å². The summed E-state index contributed by atoms with van der Waals surface area (Å²) in [6.07, 6.45) is 1.67. The van der Waals surface area contributed by atoms with Crippen molar-refractivity contribution in [2.45, 2.75) is 6.54 Å². The van der Waals surface area contributed by atoms with E-state index in [4.69, 9.17) is 0 Å². The van der Waals surface area contributed by atoms with E-state index in [0.29, 0.717) is 17.0 Å². The fourth-order valence-electron chi connectivity index (χ4n) is 3.95. The van der Waals surface area contributed by atoms with E-state index in [1.54, 1.807) is 39.4 Å². The maximum absolute atomic E-state index is 13.4. The number of benzene rings is 2. The molecule has 2 aromatic carbocycles. The Hall–Kier alpha value is -4.54. The van der Waals surface area contributed by atoms with Crippen LogP contribution in [0.1, 0.15) is 5.56 Å². The van der Waals surface area contributed by atoms with Gasteiger partial charge in [0, 0.05) is 38.0 Å². The molecule has 0 N–H and O–H groups in total. The second kappa shape index (κ2) is 7.26. The highest BCUT2D eigenvalue weighted by Crippen LogP contribution is 2.28. The lowest BCUT2D eigenvalue weighted by atomic mass is 10.1. The average molecular weight is 448 g/mol. The Bertz CT molecular complexity index is 1690. The lowest BCUT2D eigenvalue weighted by molar-refractivity contribution is -0.384. The molecule has 3 aromatic heterocycles. The number of fused-ring (bicyclic) bond motifs is 3. The van der Waals surface area contributed by atoms with Crippen molar-refractivity contribution >= 4 is 22.6 Å². The largest absolute Gasteiger partial charge is 0.332 e. The van der Waals surface area contributed by atoms with Gasteiger partial charge in [-0.3, -0.25) is 28.4 Å². The highest BCUT2D eigenvalue weighted by Gasteiger charge is 2.21. The van der Waals surface area contributed by atoms with Crippen LogP contribution in [0.25, 0.3) is 28.2 Å². The maximum atomic E-state index is 13.4. The summed E-state index contributed by atoms with van der Waals surface area (Å²) in [7, 11) is 2.92. The molecule has 0 aliphatic heterocycles. The van der Waals surface area contributed by atoms with Crippen LogP contribution in [-0.2, 0) is 20.6 Å². The van der Waals surface area contributed by atoms with Crippen molar-refractivity contribution in [3.05, 3.63) is 97.1 Å². The third-order valence-electron chi connectivity index (χ3n) is 5.66. The predicted molar refractivity (Wildman–Crippen MR) is 119 cm³/mol. The fraction of sp³-hybridized carbons (Fsp3) is 0.136. The van der Waals surface area contributed by atoms with Gasteiger partial charge in [-0.15, -0.1) is 0 Å². The smallest absolute Gasteiger partial charge is 0.305 e. The molecule has 5 rings (SSSR count). The molecule has 0 spiro atoms. The van der Waals surface area contributed by atoms with Gasteiger partial charge in [-0.2, -0.15) is 4.98 Å². The van der Waals surface area contributed by atoms with Crippen LogP contribution in [0.5, 0.6) is 0 Å². The molecule has 0 bridgehead atoms. The van der Waals surface area contributed by atoms with E-state index in [1.807, 2.05) is 0 Å². The zero-order chi connectivity index (χ0) is 23.4. The van der Waals surface area contributed by atoms with Crippen molar-refractivity contribution in [2.24, 2.45) is 14.1 Å². The van der Waals surface area contributed by atoms with E-state index in [-0.39, 0.29) is 29.2 Å². The molecule has 33 heavy (non-hydrogen) atoms. The van der Waals surface area contributed by atoms with Gasteiger partial charge in [-0.25, -0.2) is 9.18 Å². The van der Waals surface area contributed by atoms with Gasteiger partial charge < -0.3 is 4.57 Å². The minimum atomic E-state index is -0.509. The monoisotopic (exact) mass is 448 g/mol. The Labute approximate surface area is 184 Å². The topological polar surface area (TPSA) is 109 Å². The van der Waals surface area contributed by atoms with Gasteiger partial charge in [0.05, 0.1) is 17.2 Å². The summed E-state index contributed by atoms with van der Waals surface area (Å²) < 4.78 is 19.1. The van der Waals surface area contributed by atoms with E-state index in [0.717, 1.165) is 10.1 Å². The van der Waals surface area contributed by atoms with Crippen LogP contribution in [0.2, 0.25) is 0 Å². The van der Waals surface area contributed by atoms with Crippen LogP contribution in [0.3, 0.4) is 0 Å². The summed E-state index contributed by atoms with van der Waals surface area (Å²) >= 11 is 0. The number of imidazole rings is 2. The van der Waals surface area contributed by atoms with E-state index >= 15 is 0 Å². The van der Waals surface area contributed by atoms with E-state index in [1.165, 1.54) is 42.9 Å². The van der Waals surface area contributed by atoms with E-state index in [9.17, 15) is 24.1 Å². The zero-order valence-corrected chi connectivity index (χ0v) is 17.6. The molecule has 166 valence electrons. The van der Waals surface area contributed by atoms with Crippen LogP contribution in [0.4, 0.5) is 10.1 Å². The lowest BCUT2D eigenvalue weighted by Crippen LogP contribution is -2.37. The number of halogens is 1. The second-order valence-corrected chi connectivity index (χ2v) is 7.69. The van der Waals surface area contributed by atoms with Crippen LogP contribution in [0.15, 0.2) is 64.3 Å². The molecular formula is C22H17FN6O4. The SMILES string of the molecule is Cn1c(=O)c2c(nc3n(Cc4ccc(F)cc4)c(-c4cccc([N+](=O)[O-])c4)cn23)n(C)c1=O. The van der Waals surface area contributed by atoms with Crippen LogP contribution >= 0.6 is 0 Å². The van der Waals surface area contributed by atoms with Crippen molar-refractivity contribution in [1.82, 2.24) is 23.1 Å². The summed E-state index contributed by atoms with van der Waals surface area (Å²) in [5, 5.41) is 11.3. The first-order valence-corrected chi connectivity index (χ1v) is 9.93. The van der Waals surface area contributed by atoms with Gasteiger partial charge in [0.25, 0.3) is 11.2 Å². The number of hydrogen-bond donors (Lipinski definition) is 0. The number of hydrogen-bond acceptors (Lipinski definition) is 5. The Morgan fingerprint density at radius 2 is 1.79 bits per heavy atom. The molecular weight excluding hydrogens is 431 g/mol. The van der Waals surface area contributed by atoms with E-state index in [2.05, 4.69) is 4.98 Å². The molecule has 0 radical (unpaired) electrons. The van der Waals surface area contributed by atoms with Gasteiger partial charge >= 0.3 is 5.69 Å². The summed E-state index contributed by atoms with van der Waals surface area (Å²) in [6.45, 7) is 0.256. The number of non-ortho nitro benzene ring substituents is 1. The number of rotatable bonds is 4. The molecule has 3 heterocycles. The minimum Gasteiger partial charge on any atom is -0.305 e. The molecule has 5 aromatic rings. The molecule has 10 nitrogen and oxygen atoms in total. The summed E-state index contributed by atoms with van der Waals surface area (Å²) in [5.74, 6) is -0.00510. The highest BCUT2D eigenvalue weighted by molar-refractivity contribution is 5.78. The Kier molecular flexibility index (Phi) is 4.48. The van der Waals surface area contributed by atoms with E-state index < -0.39 is 16.2 Å². The molecule has 0 atom stereocenters. The van der Waals surface area contributed by atoms with Crippen molar-refractivity contribution < 1.29 is 9.31 Å².